The molecular formula is C19H14BrN3O2S. The van der Waals surface area contributed by atoms with Crippen molar-refractivity contribution in [2.75, 3.05) is 4.90 Å². The van der Waals surface area contributed by atoms with Gasteiger partial charge in [0.05, 0.1) is 11.9 Å². The number of thiophene rings is 1. The summed E-state index contributed by atoms with van der Waals surface area (Å²) >= 11 is 5.24. The number of urea groups is 1. The minimum absolute atomic E-state index is 0.176. The summed E-state index contributed by atoms with van der Waals surface area (Å²) in [6, 6.07) is 9.30. The van der Waals surface area contributed by atoms with Gasteiger partial charge < -0.3 is 5.32 Å². The fourth-order valence-electron chi connectivity index (χ4n) is 3.96. The largest absolute Gasteiger partial charge is 0.329 e. The van der Waals surface area contributed by atoms with Crippen LogP contribution in [0.5, 0.6) is 0 Å². The molecule has 0 radical (unpaired) electrons. The average molecular weight is 428 g/mol. The van der Waals surface area contributed by atoms with Gasteiger partial charge in [-0.25, -0.2) is 9.69 Å². The highest BCUT2D eigenvalue weighted by molar-refractivity contribution is 9.10. The second-order valence-corrected chi connectivity index (χ2v) is 8.57. The van der Waals surface area contributed by atoms with Gasteiger partial charge in [0, 0.05) is 26.3 Å². The van der Waals surface area contributed by atoms with Crippen LogP contribution in [0.2, 0.25) is 0 Å². The number of carbonyl (C=O) groups excluding carboxylic acids is 2. The zero-order valence-corrected chi connectivity index (χ0v) is 16.0. The van der Waals surface area contributed by atoms with E-state index in [2.05, 4.69) is 26.2 Å². The van der Waals surface area contributed by atoms with Gasteiger partial charge in [-0.2, -0.15) is 0 Å². The van der Waals surface area contributed by atoms with Crippen molar-refractivity contribution >= 4 is 55.7 Å². The minimum Gasteiger partial charge on any atom is -0.323 e. The Hall–Kier alpha value is -2.25. The van der Waals surface area contributed by atoms with Crippen LogP contribution >= 0.6 is 27.3 Å². The maximum absolute atomic E-state index is 13.2. The molecule has 2 fully saturated rings. The predicted molar refractivity (Wildman–Crippen MR) is 104 cm³/mol. The predicted octanol–water partition coefficient (Wildman–Crippen LogP) is 4.43. The van der Waals surface area contributed by atoms with Crippen molar-refractivity contribution in [3.05, 3.63) is 57.5 Å². The van der Waals surface area contributed by atoms with Crippen LogP contribution in [-0.2, 0) is 4.79 Å². The quantitative estimate of drug-likeness (QED) is 0.615. The monoisotopic (exact) mass is 427 g/mol. The zero-order chi connectivity index (χ0) is 17.9. The van der Waals surface area contributed by atoms with E-state index in [1.54, 1.807) is 23.7 Å². The van der Waals surface area contributed by atoms with Crippen molar-refractivity contribution in [2.24, 2.45) is 0 Å². The van der Waals surface area contributed by atoms with Crippen molar-refractivity contribution in [2.45, 2.75) is 24.3 Å². The number of halogens is 1. The van der Waals surface area contributed by atoms with Crippen molar-refractivity contribution in [3.63, 3.8) is 0 Å². The third kappa shape index (κ3) is 2.17. The number of nitrogens with zero attached hydrogens (tertiary/aromatic N) is 2. The second kappa shape index (κ2) is 5.62. The van der Waals surface area contributed by atoms with Crippen molar-refractivity contribution in [3.8, 4) is 0 Å². The molecule has 1 spiro atoms. The zero-order valence-electron chi connectivity index (χ0n) is 13.6. The third-order valence-electron chi connectivity index (χ3n) is 5.26. The van der Waals surface area contributed by atoms with Crippen LogP contribution in [0.3, 0.4) is 0 Å². The highest BCUT2D eigenvalue weighted by Gasteiger charge is 2.59. The number of aromatic nitrogens is 1. The Labute approximate surface area is 162 Å². The molecule has 3 heterocycles. The number of anilines is 1. The van der Waals surface area contributed by atoms with E-state index in [0.29, 0.717) is 24.4 Å². The molecule has 1 N–H and O–H groups in total. The molecule has 5 nitrogen and oxygen atoms in total. The fourth-order valence-corrected chi connectivity index (χ4v) is 5.76. The maximum atomic E-state index is 13.2. The lowest BCUT2D eigenvalue weighted by atomic mass is 9.67. The van der Waals surface area contributed by atoms with E-state index in [1.807, 2.05) is 35.7 Å². The second-order valence-electron chi connectivity index (χ2n) is 6.77. The molecule has 1 saturated heterocycles. The van der Waals surface area contributed by atoms with Crippen molar-refractivity contribution < 1.29 is 9.59 Å². The van der Waals surface area contributed by atoms with E-state index in [-0.39, 0.29) is 11.9 Å². The average Bonchev–Trinajstić information content (AvgIpc) is 3.14. The molecule has 1 aromatic carbocycles. The molecule has 0 atom stereocenters. The van der Waals surface area contributed by atoms with Gasteiger partial charge in [0.1, 0.15) is 5.54 Å². The van der Waals surface area contributed by atoms with Gasteiger partial charge in [-0.15, -0.1) is 11.3 Å². The highest BCUT2D eigenvalue weighted by atomic mass is 79.9. The SMILES string of the molecule is O=C1NC2(CC(c3sccc3Br)C2)C(=O)N1c1cncc2ccccc12. The van der Waals surface area contributed by atoms with Crippen LogP contribution in [0.25, 0.3) is 10.8 Å². The molecule has 5 rings (SSSR count). The summed E-state index contributed by atoms with van der Waals surface area (Å²) in [5, 5.41) is 6.73. The van der Waals surface area contributed by atoms with E-state index >= 15 is 0 Å². The molecule has 7 heteroatoms. The number of hydrogen-bond donors (Lipinski definition) is 1. The lowest BCUT2D eigenvalue weighted by molar-refractivity contribution is -0.125. The van der Waals surface area contributed by atoms with Crippen LogP contribution in [0.4, 0.5) is 10.5 Å². The summed E-state index contributed by atoms with van der Waals surface area (Å²) in [4.78, 5) is 32.5. The molecule has 0 bridgehead atoms. The van der Waals surface area contributed by atoms with Gasteiger partial charge in [0.2, 0.25) is 0 Å². The number of rotatable bonds is 2. The Balaban J connectivity index is 1.49. The Kier molecular flexibility index (Phi) is 3.45. The molecule has 1 aliphatic carbocycles. The topological polar surface area (TPSA) is 62.3 Å². The standard InChI is InChI=1S/C19H14BrN3O2S/c20-14-5-6-26-16(14)12-7-19(8-12)17(24)23(18(25)22-19)15-10-21-9-11-3-1-2-4-13(11)15/h1-6,9-10,12H,7-8H2,(H,22,25). The molecular weight excluding hydrogens is 414 g/mol. The van der Waals surface area contributed by atoms with Crippen LogP contribution in [0.15, 0.2) is 52.6 Å². The van der Waals surface area contributed by atoms with E-state index < -0.39 is 5.54 Å². The van der Waals surface area contributed by atoms with Crippen LogP contribution in [-0.4, -0.2) is 22.5 Å². The van der Waals surface area contributed by atoms with Gasteiger partial charge in [0.15, 0.2) is 0 Å². The number of fused-ring (bicyclic) bond motifs is 1. The Morgan fingerprint density at radius 2 is 2.00 bits per heavy atom. The molecule has 26 heavy (non-hydrogen) atoms. The number of benzene rings is 1. The number of pyridine rings is 1. The molecule has 2 aliphatic rings. The Bertz CT molecular complexity index is 1050. The van der Waals surface area contributed by atoms with Crippen LogP contribution in [0, 0.1) is 0 Å². The first kappa shape index (κ1) is 16.0. The normalized spacial score (nSPS) is 25.0. The summed E-state index contributed by atoms with van der Waals surface area (Å²) in [5.74, 6) is 0.115. The summed E-state index contributed by atoms with van der Waals surface area (Å²) in [5.41, 5.74) is -0.245. The van der Waals surface area contributed by atoms with E-state index in [1.165, 1.54) is 9.78 Å². The maximum Gasteiger partial charge on any atom is 0.329 e. The molecule has 1 aliphatic heterocycles. The number of imide groups is 1. The summed E-state index contributed by atoms with van der Waals surface area (Å²) in [6.45, 7) is 0. The minimum atomic E-state index is -0.790. The van der Waals surface area contributed by atoms with Crippen molar-refractivity contribution in [1.29, 1.82) is 0 Å². The number of hydrogen-bond acceptors (Lipinski definition) is 4. The lowest BCUT2D eigenvalue weighted by Crippen LogP contribution is -2.56. The Morgan fingerprint density at radius 1 is 1.19 bits per heavy atom. The van der Waals surface area contributed by atoms with E-state index in [9.17, 15) is 9.59 Å². The van der Waals surface area contributed by atoms with Crippen LogP contribution in [0.1, 0.15) is 23.6 Å². The molecule has 2 aromatic heterocycles. The lowest BCUT2D eigenvalue weighted by Gasteiger charge is -2.42. The summed E-state index contributed by atoms with van der Waals surface area (Å²) in [7, 11) is 0. The van der Waals surface area contributed by atoms with E-state index in [4.69, 9.17) is 0 Å². The fraction of sp³-hybridized carbons (Fsp3) is 0.211. The van der Waals surface area contributed by atoms with Gasteiger partial charge in [0.25, 0.3) is 5.91 Å². The Morgan fingerprint density at radius 3 is 2.77 bits per heavy atom. The number of nitrogens with one attached hydrogen (secondary N) is 1. The molecule has 1 saturated carbocycles. The summed E-state index contributed by atoms with van der Waals surface area (Å²) in [6.07, 6.45) is 4.59. The number of amides is 3. The van der Waals surface area contributed by atoms with Gasteiger partial charge in [-0.3, -0.25) is 9.78 Å². The smallest absolute Gasteiger partial charge is 0.323 e. The summed E-state index contributed by atoms with van der Waals surface area (Å²) < 4.78 is 1.08. The highest BCUT2D eigenvalue weighted by Crippen LogP contribution is 2.51. The van der Waals surface area contributed by atoms with E-state index in [0.717, 1.165) is 15.2 Å². The van der Waals surface area contributed by atoms with Crippen LogP contribution < -0.4 is 10.2 Å². The molecule has 3 amide bonds. The molecule has 0 unspecified atom stereocenters. The molecule has 130 valence electrons. The van der Waals surface area contributed by atoms with Crippen molar-refractivity contribution in [1.82, 2.24) is 10.3 Å². The van der Waals surface area contributed by atoms with Gasteiger partial charge in [-0.1, -0.05) is 24.3 Å². The first-order valence-corrected chi connectivity index (χ1v) is 9.99. The van der Waals surface area contributed by atoms with Gasteiger partial charge in [-0.05, 0) is 46.1 Å². The third-order valence-corrected chi connectivity index (χ3v) is 7.29. The molecule has 3 aromatic rings. The first-order valence-electron chi connectivity index (χ1n) is 8.31. The number of carbonyl (C=O) groups is 2. The first-order chi connectivity index (χ1) is 12.6. The van der Waals surface area contributed by atoms with Gasteiger partial charge >= 0.3 is 6.03 Å².